The minimum Gasteiger partial charge on any atom is -0.497 e. The van der Waals surface area contributed by atoms with Gasteiger partial charge in [-0.15, -0.1) is 0 Å². The lowest BCUT2D eigenvalue weighted by atomic mass is 10.00. The average Bonchev–Trinajstić information content (AvgIpc) is 3.59. The second kappa shape index (κ2) is 11.1. The maximum Gasteiger partial charge on any atom is 0.290 e. The lowest BCUT2D eigenvalue weighted by molar-refractivity contribution is -0.126. The number of amides is 2. The van der Waals surface area contributed by atoms with Gasteiger partial charge in [0.05, 0.1) is 13.4 Å². The van der Waals surface area contributed by atoms with Gasteiger partial charge in [-0.2, -0.15) is 0 Å². The van der Waals surface area contributed by atoms with Crippen molar-refractivity contribution in [3.8, 4) is 5.75 Å². The molecule has 0 spiro atoms. The Morgan fingerprint density at radius 3 is 2.29 bits per heavy atom. The van der Waals surface area contributed by atoms with E-state index in [1.807, 2.05) is 48.5 Å². The van der Waals surface area contributed by atoms with Gasteiger partial charge in [-0.05, 0) is 60.2 Å². The van der Waals surface area contributed by atoms with Gasteiger partial charge in [-0.1, -0.05) is 56.2 Å². The molecule has 34 heavy (non-hydrogen) atoms. The molecule has 0 radical (unpaired) electrons. The second-order valence-corrected chi connectivity index (χ2v) is 8.75. The number of methoxy groups -OCH3 is 1. The fourth-order valence-electron chi connectivity index (χ4n) is 4.51. The van der Waals surface area contributed by atoms with Crippen molar-refractivity contribution in [2.75, 3.05) is 7.11 Å². The number of carbonyl (C=O) groups excluding carboxylic acids is 2. The van der Waals surface area contributed by atoms with Gasteiger partial charge in [0.15, 0.2) is 5.76 Å². The Balaban J connectivity index is 1.72. The van der Waals surface area contributed by atoms with Crippen molar-refractivity contribution in [3.63, 3.8) is 0 Å². The predicted molar refractivity (Wildman–Crippen MR) is 131 cm³/mol. The summed E-state index contributed by atoms with van der Waals surface area (Å²) in [6.45, 7) is 2.34. The Morgan fingerprint density at radius 2 is 1.71 bits per heavy atom. The van der Waals surface area contributed by atoms with Crippen molar-refractivity contribution >= 4 is 11.8 Å². The number of rotatable bonds is 9. The molecule has 1 heterocycles. The van der Waals surface area contributed by atoms with E-state index in [4.69, 9.17) is 9.15 Å². The smallest absolute Gasteiger partial charge is 0.290 e. The second-order valence-electron chi connectivity index (χ2n) is 8.75. The van der Waals surface area contributed by atoms with Crippen molar-refractivity contribution in [3.05, 3.63) is 89.4 Å². The van der Waals surface area contributed by atoms with Gasteiger partial charge in [0.1, 0.15) is 11.8 Å². The molecule has 4 rings (SSSR count). The lowest BCUT2D eigenvalue weighted by Gasteiger charge is -2.32. The molecule has 1 saturated carbocycles. The third-order valence-electron chi connectivity index (χ3n) is 6.47. The highest BCUT2D eigenvalue weighted by Crippen LogP contribution is 2.28. The van der Waals surface area contributed by atoms with E-state index in [2.05, 4.69) is 12.2 Å². The van der Waals surface area contributed by atoms with Crippen LogP contribution in [-0.2, 0) is 17.8 Å². The number of hydrogen-bond acceptors (Lipinski definition) is 4. The number of carbonyl (C=O) groups is 2. The van der Waals surface area contributed by atoms with Crippen molar-refractivity contribution in [1.29, 1.82) is 0 Å². The van der Waals surface area contributed by atoms with Gasteiger partial charge < -0.3 is 19.4 Å². The Kier molecular flexibility index (Phi) is 7.68. The summed E-state index contributed by atoms with van der Waals surface area (Å²) in [5.41, 5.74) is 2.85. The highest BCUT2D eigenvalue weighted by atomic mass is 16.5. The summed E-state index contributed by atoms with van der Waals surface area (Å²) in [6.07, 6.45) is 6.54. The summed E-state index contributed by atoms with van der Waals surface area (Å²) < 4.78 is 10.7. The summed E-state index contributed by atoms with van der Waals surface area (Å²) in [7, 11) is 1.62. The van der Waals surface area contributed by atoms with Crippen LogP contribution in [0.5, 0.6) is 5.75 Å². The Labute approximate surface area is 200 Å². The van der Waals surface area contributed by atoms with Crippen LogP contribution < -0.4 is 10.1 Å². The molecular formula is C28H32N2O4. The van der Waals surface area contributed by atoms with Crippen LogP contribution in [0.3, 0.4) is 0 Å². The van der Waals surface area contributed by atoms with Crippen LogP contribution >= 0.6 is 0 Å². The van der Waals surface area contributed by atoms with Crippen LogP contribution in [-0.4, -0.2) is 29.9 Å². The van der Waals surface area contributed by atoms with Gasteiger partial charge in [0.25, 0.3) is 5.91 Å². The molecule has 1 N–H and O–H groups in total. The molecule has 0 aliphatic heterocycles. The number of benzene rings is 2. The van der Waals surface area contributed by atoms with Gasteiger partial charge >= 0.3 is 0 Å². The number of nitrogens with zero attached hydrogens (tertiary/aromatic N) is 1. The molecule has 3 aromatic rings. The maximum absolute atomic E-state index is 13.7. The fraction of sp³-hybridized carbons (Fsp3) is 0.357. The normalized spacial score (nSPS) is 14.5. The molecular weight excluding hydrogens is 428 g/mol. The van der Waals surface area contributed by atoms with E-state index in [1.165, 1.54) is 11.8 Å². The molecule has 1 aliphatic rings. The van der Waals surface area contributed by atoms with Gasteiger partial charge in [0, 0.05) is 12.6 Å². The molecule has 0 bridgehead atoms. The van der Waals surface area contributed by atoms with E-state index < -0.39 is 6.04 Å². The highest BCUT2D eigenvalue weighted by Gasteiger charge is 2.34. The van der Waals surface area contributed by atoms with Crippen LogP contribution in [0.4, 0.5) is 0 Å². The molecule has 6 heteroatoms. The van der Waals surface area contributed by atoms with Crippen molar-refractivity contribution < 1.29 is 18.7 Å². The first-order chi connectivity index (χ1) is 16.6. The molecule has 0 saturated heterocycles. The zero-order valence-electron chi connectivity index (χ0n) is 19.8. The van der Waals surface area contributed by atoms with Gasteiger partial charge in [-0.3, -0.25) is 9.59 Å². The first-order valence-corrected chi connectivity index (χ1v) is 12.0. The van der Waals surface area contributed by atoms with Crippen molar-refractivity contribution in [2.24, 2.45) is 0 Å². The SMILES string of the molecule is CCc1ccc(C(C(=O)NC2CCCC2)N(Cc2ccc(OC)cc2)C(=O)c2ccco2)cc1. The van der Waals surface area contributed by atoms with E-state index in [9.17, 15) is 9.59 Å². The number of hydrogen-bond donors (Lipinski definition) is 1. The minimum atomic E-state index is -0.786. The largest absolute Gasteiger partial charge is 0.497 e. The van der Waals surface area contributed by atoms with E-state index in [0.717, 1.165) is 49.0 Å². The fourth-order valence-corrected chi connectivity index (χ4v) is 4.51. The molecule has 2 amide bonds. The average molecular weight is 461 g/mol. The van der Waals surface area contributed by atoms with E-state index >= 15 is 0 Å². The van der Waals surface area contributed by atoms with Crippen molar-refractivity contribution in [2.45, 2.75) is 57.7 Å². The topological polar surface area (TPSA) is 71.8 Å². The van der Waals surface area contributed by atoms with Crippen LogP contribution in [0, 0.1) is 0 Å². The minimum absolute atomic E-state index is 0.145. The third-order valence-corrected chi connectivity index (χ3v) is 6.47. The van der Waals surface area contributed by atoms with E-state index in [1.54, 1.807) is 24.1 Å². The maximum atomic E-state index is 13.7. The third kappa shape index (κ3) is 5.50. The van der Waals surface area contributed by atoms with Crippen LogP contribution in [0.2, 0.25) is 0 Å². The van der Waals surface area contributed by atoms with Gasteiger partial charge in [-0.25, -0.2) is 0 Å². The Hall–Kier alpha value is -3.54. The predicted octanol–water partition coefficient (Wildman–Crippen LogP) is 5.29. The zero-order chi connectivity index (χ0) is 23.9. The van der Waals surface area contributed by atoms with E-state index in [0.29, 0.717) is 0 Å². The van der Waals surface area contributed by atoms with Gasteiger partial charge in [0.2, 0.25) is 5.91 Å². The first-order valence-electron chi connectivity index (χ1n) is 12.0. The van der Waals surface area contributed by atoms with Crippen LogP contribution in [0.1, 0.15) is 65.9 Å². The molecule has 2 aromatic carbocycles. The summed E-state index contributed by atoms with van der Waals surface area (Å²) in [5, 5.41) is 3.21. The quantitative estimate of drug-likeness (QED) is 0.471. The zero-order valence-corrected chi connectivity index (χ0v) is 19.8. The first kappa shape index (κ1) is 23.6. The molecule has 6 nitrogen and oxygen atoms in total. The summed E-state index contributed by atoms with van der Waals surface area (Å²) >= 11 is 0. The molecule has 1 unspecified atom stereocenters. The highest BCUT2D eigenvalue weighted by molar-refractivity contribution is 5.96. The van der Waals surface area contributed by atoms with Crippen LogP contribution in [0.15, 0.2) is 71.3 Å². The molecule has 1 fully saturated rings. The number of nitrogens with one attached hydrogen (secondary N) is 1. The number of furan rings is 1. The van der Waals surface area contributed by atoms with Crippen molar-refractivity contribution in [1.82, 2.24) is 10.2 Å². The van der Waals surface area contributed by atoms with Crippen LogP contribution in [0.25, 0.3) is 0 Å². The summed E-state index contributed by atoms with van der Waals surface area (Å²) in [5.74, 6) is 0.451. The summed E-state index contributed by atoms with van der Waals surface area (Å²) in [4.78, 5) is 28.9. The molecule has 1 aromatic heterocycles. The number of aryl methyl sites for hydroxylation is 1. The number of ether oxygens (including phenoxy) is 1. The molecule has 1 atom stereocenters. The standard InChI is InChI=1S/C28H32N2O4/c1-3-20-10-14-22(15-11-20)26(27(31)29-23-7-4-5-8-23)30(28(32)25-9-6-18-34-25)19-21-12-16-24(33-2)17-13-21/h6,9-18,23,26H,3-5,7-8,19H2,1-2H3,(H,29,31). The molecule has 1 aliphatic carbocycles. The Bertz CT molecular complexity index is 1070. The monoisotopic (exact) mass is 460 g/mol. The summed E-state index contributed by atoms with van der Waals surface area (Å²) in [6, 6.07) is 18.2. The van der Waals surface area contributed by atoms with E-state index in [-0.39, 0.29) is 30.2 Å². The lowest BCUT2D eigenvalue weighted by Crippen LogP contribution is -2.45. The molecule has 178 valence electrons. The Morgan fingerprint density at radius 1 is 1.03 bits per heavy atom.